The Kier molecular flexibility index (Phi) is 6.90. The van der Waals surface area contributed by atoms with Crippen LogP contribution < -0.4 is 9.64 Å². The van der Waals surface area contributed by atoms with Gasteiger partial charge in [-0.05, 0) is 53.4 Å². The monoisotopic (exact) mass is 573 g/mol. The van der Waals surface area contributed by atoms with Gasteiger partial charge in [0.15, 0.2) is 12.6 Å². The number of phosphoric ester groups is 1. The average Bonchev–Trinajstić information content (AvgIpc) is 3.59. The van der Waals surface area contributed by atoms with Gasteiger partial charge in [0, 0.05) is 36.4 Å². The van der Waals surface area contributed by atoms with Crippen LogP contribution in [0.5, 0.6) is 5.75 Å². The van der Waals surface area contributed by atoms with Crippen molar-refractivity contribution in [2.75, 3.05) is 12.0 Å². The standard InChI is InChI=1S/C27H21FN7O5P/c1-39-22-5-3-18-14-34(15-20(18)12-22)27-30-9-7-24(33-27)26-29-8-6-21(32-26)4-2-17-10-19-13-31-35(16-40-41(36,37)38)25(19)23(28)11-17/h3,5-13H,14-16H2,1H3,(H2,36,37,38). The van der Waals surface area contributed by atoms with Gasteiger partial charge in [-0.3, -0.25) is 4.52 Å². The predicted molar refractivity (Wildman–Crippen MR) is 145 cm³/mol. The van der Waals surface area contributed by atoms with Crippen LogP contribution >= 0.6 is 7.82 Å². The van der Waals surface area contributed by atoms with Crippen molar-refractivity contribution in [3.05, 3.63) is 89.3 Å². The summed E-state index contributed by atoms with van der Waals surface area (Å²) in [7, 11) is -3.10. The lowest BCUT2D eigenvalue weighted by molar-refractivity contribution is 0.148. The highest BCUT2D eigenvalue weighted by atomic mass is 31.2. The van der Waals surface area contributed by atoms with E-state index in [4.69, 9.17) is 14.5 Å². The van der Waals surface area contributed by atoms with Crippen molar-refractivity contribution >= 4 is 24.7 Å². The molecule has 0 unspecified atom stereocenters. The van der Waals surface area contributed by atoms with E-state index in [1.807, 2.05) is 18.2 Å². The summed E-state index contributed by atoms with van der Waals surface area (Å²) >= 11 is 0. The first kappa shape index (κ1) is 26.5. The SMILES string of the molecule is COc1ccc2c(c1)CN(c1nccc(-c3nccc(C#Cc4cc(F)c5c(cnn5COP(=O)(O)O)c4)n3)n1)C2. The highest BCUT2D eigenvalue weighted by Crippen LogP contribution is 2.36. The first-order chi connectivity index (χ1) is 19.8. The molecule has 0 saturated carbocycles. The van der Waals surface area contributed by atoms with E-state index in [0.717, 1.165) is 16.0 Å². The third kappa shape index (κ3) is 5.77. The van der Waals surface area contributed by atoms with Crippen molar-refractivity contribution in [1.29, 1.82) is 0 Å². The van der Waals surface area contributed by atoms with Gasteiger partial charge in [0.2, 0.25) is 5.95 Å². The van der Waals surface area contributed by atoms with Crippen LogP contribution in [0.1, 0.15) is 22.4 Å². The smallest absolute Gasteiger partial charge is 0.471 e. The summed E-state index contributed by atoms with van der Waals surface area (Å²) in [5.41, 5.74) is 3.67. The van der Waals surface area contributed by atoms with Crippen molar-refractivity contribution in [2.45, 2.75) is 19.8 Å². The summed E-state index contributed by atoms with van der Waals surface area (Å²) in [6.45, 7) is 0.716. The maximum absolute atomic E-state index is 14.8. The minimum atomic E-state index is -4.74. The van der Waals surface area contributed by atoms with Crippen LogP contribution in [0.2, 0.25) is 0 Å². The number of methoxy groups -OCH3 is 1. The molecule has 0 saturated heterocycles. The number of phosphoric acid groups is 1. The Labute approximate surface area is 232 Å². The number of fused-ring (bicyclic) bond motifs is 2. The summed E-state index contributed by atoms with van der Waals surface area (Å²) in [6, 6.07) is 12.2. The zero-order chi connectivity index (χ0) is 28.6. The average molecular weight is 573 g/mol. The van der Waals surface area contributed by atoms with Crippen LogP contribution in [0.3, 0.4) is 0 Å². The summed E-state index contributed by atoms with van der Waals surface area (Å²) in [5, 5.41) is 4.33. The molecule has 0 spiro atoms. The van der Waals surface area contributed by atoms with Gasteiger partial charge in [-0.15, -0.1) is 0 Å². The molecule has 0 bridgehead atoms. The second-order valence-electron chi connectivity index (χ2n) is 9.04. The summed E-state index contributed by atoms with van der Waals surface area (Å²) in [5.74, 6) is 6.86. The van der Waals surface area contributed by atoms with Crippen LogP contribution in [0.25, 0.3) is 22.4 Å². The number of hydrogen-bond donors (Lipinski definition) is 2. The molecular formula is C27H21FN7O5P. The van der Waals surface area contributed by atoms with Gasteiger partial charge < -0.3 is 19.4 Å². The molecular weight excluding hydrogens is 552 g/mol. The molecule has 0 aliphatic carbocycles. The molecule has 3 aromatic heterocycles. The Hall–Kier alpha value is -4.73. The fourth-order valence-corrected chi connectivity index (χ4v) is 4.69. The topological polar surface area (TPSA) is 149 Å². The fourth-order valence-electron chi connectivity index (χ4n) is 4.43. The molecule has 2 N–H and O–H groups in total. The molecule has 6 rings (SSSR count). The Morgan fingerprint density at radius 1 is 1.02 bits per heavy atom. The highest BCUT2D eigenvalue weighted by Gasteiger charge is 2.22. The van der Waals surface area contributed by atoms with E-state index < -0.39 is 20.4 Å². The van der Waals surface area contributed by atoms with E-state index >= 15 is 0 Å². The first-order valence-corrected chi connectivity index (χ1v) is 13.7. The van der Waals surface area contributed by atoms with E-state index in [1.54, 1.807) is 37.7 Å². The van der Waals surface area contributed by atoms with Gasteiger partial charge >= 0.3 is 7.82 Å². The maximum Gasteiger partial charge on any atom is 0.471 e. The third-order valence-corrected chi connectivity index (χ3v) is 6.77. The van der Waals surface area contributed by atoms with Crippen molar-refractivity contribution in [3.63, 3.8) is 0 Å². The van der Waals surface area contributed by atoms with Gasteiger partial charge in [0.1, 0.15) is 28.5 Å². The molecule has 14 heteroatoms. The van der Waals surface area contributed by atoms with Gasteiger partial charge in [-0.2, -0.15) is 5.10 Å². The molecule has 0 atom stereocenters. The number of ether oxygens (including phenoxy) is 1. The lowest BCUT2D eigenvalue weighted by Crippen LogP contribution is -2.17. The fraction of sp³-hybridized carbons (Fsp3) is 0.148. The number of anilines is 1. The van der Waals surface area contributed by atoms with Crippen LogP contribution in [0.4, 0.5) is 10.3 Å². The molecule has 206 valence electrons. The lowest BCUT2D eigenvalue weighted by atomic mass is 10.1. The minimum Gasteiger partial charge on any atom is -0.497 e. The van der Waals surface area contributed by atoms with Crippen molar-refractivity contribution in [2.24, 2.45) is 0 Å². The quantitative estimate of drug-likeness (QED) is 0.227. The molecule has 1 aliphatic heterocycles. The lowest BCUT2D eigenvalue weighted by Gasteiger charge is -2.15. The number of benzene rings is 2. The second kappa shape index (κ2) is 10.7. The Morgan fingerprint density at radius 2 is 1.85 bits per heavy atom. The number of hydrogen-bond acceptors (Lipinski definition) is 9. The summed E-state index contributed by atoms with van der Waals surface area (Å²) in [4.78, 5) is 37.8. The molecule has 41 heavy (non-hydrogen) atoms. The van der Waals surface area contributed by atoms with E-state index in [9.17, 15) is 8.96 Å². The van der Waals surface area contributed by atoms with Crippen molar-refractivity contribution < 1.29 is 28.0 Å². The Bertz CT molecular complexity index is 1900. The van der Waals surface area contributed by atoms with Crippen molar-refractivity contribution in [3.8, 4) is 29.1 Å². The van der Waals surface area contributed by atoms with Gasteiger partial charge in [0.05, 0.1) is 13.3 Å². The van der Waals surface area contributed by atoms with Crippen LogP contribution in [-0.4, -0.2) is 46.6 Å². The van der Waals surface area contributed by atoms with E-state index in [2.05, 4.69) is 46.3 Å². The van der Waals surface area contributed by atoms with Crippen LogP contribution in [-0.2, 0) is 28.9 Å². The third-order valence-electron chi connectivity index (χ3n) is 6.32. The minimum absolute atomic E-state index is 0.0353. The van der Waals surface area contributed by atoms with Crippen LogP contribution in [0, 0.1) is 17.7 Å². The van der Waals surface area contributed by atoms with Crippen LogP contribution in [0.15, 0.2) is 61.1 Å². The van der Waals surface area contributed by atoms with E-state index in [1.165, 1.54) is 17.8 Å². The molecule has 12 nitrogen and oxygen atoms in total. The van der Waals surface area contributed by atoms with E-state index in [-0.39, 0.29) is 5.52 Å². The highest BCUT2D eigenvalue weighted by molar-refractivity contribution is 7.46. The van der Waals surface area contributed by atoms with Gasteiger partial charge in [0.25, 0.3) is 0 Å². The number of nitrogens with zero attached hydrogens (tertiary/aromatic N) is 7. The molecule has 0 radical (unpaired) electrons. The zero-order valence-corrected chi connectivity index (χ0v) is 22.4. The van der Waals surface area contributed by atoms with Crippen molar-refractivity contribution in [1.82, 2.24) is 29.7 Å². The van der Waals surface area contributed by atoms with E-state index in [0.29, 0.717) is 47.2 Å². The zero-order valence-electron chi connectivity index (χ0n) is 21.5. The second-order valence-corrected chi connectivity index (χ2v) is 10.3. The molecule has 4 heterocycles. The molecule has 0 amide bonds. The summed E-state index contributed by atoms with van der Waals surface area (Å²) in [6.07, 6.45) is 4.59. The first-order valence-electron chi connectivity index (χ1n) is 12.2. The predicted octanol–water partition coefficient (Wildman–Crippen LogP) is 3.42. The van der Waals surface area contributed by atoms with Gasteiger partial charge in [-0.1, -0.05) is 12.0 Å². The Morgan fingerprint density at radius 3 is 2.68 bits per heavy atom. The number of aromatic nitrogens is 6. The summed E-state index contributed by atoms with van der Waals surface area (Å²) < 4.78 is 36.6. The number of rotatable bonds is 6. The largest absolute Gasteiger partial charge is 0.497 e. The maximum atomic E-state index is 14.8. The molecule has 2 aromatic carbocycles. The number of halogens is 1. The molecule has 0 fully saturated rings. The molecule has 1 aliphatic rings. The normalized spacial score (nSPS) is 12.7. The van der Waals surface area contributed by atoms with Gasteiger partial charge in [-0.25, -0.2) is 33.6 Å². The molecule has 5 aromatic rings. The Balaban J connectivity index is 1.22.